The van der Waals surface area contributed by atoms with Crippen LogP contribution in [-0.4, -0.2) is 48.6 Å². The molecule has 0 saturated carbocycles. The van der Waals surface area contributed by atoms with Crippen molar-refractivity contribution in [2.45, 2.75) is 63.4 Å². The molecule has 2 heterocycles. The maximum Gasteiger partial charge on any atom is 0.255 e. The maximum absolute atomic E-state index is 13.3. The van der Waals surface area contributed by atoms with Crippen LogP contribution in [0.3, 0.4) is 0 Å². The van der Waals surface area contributed by atoms with Crippen LogP contribution in [0, 0.1) is 5.92 Å². The molecule has 2 aliphatic heterocycles. The largest absolute Gasteiger partial charge is 0.324 e. The molecule has 0 aliphatic carbocycles. The fourth-order valence-corrected chi connectivity index (χ4v) is 6.23. The molecule has 1 N–H and O–H groups in total. The molecule has 0 aromatic heterocycles. The van der Waals surface area contributed by atoms with E-state index in [1.54, 1.807) is 39.5 Å². The third-order valence-corrected chi connectivity index (χ3v) is 8.46. The van der Waals surface area contributed by atoms with Crippen molar-refractivity contribution in [1.82, 2.24) is 9.21 Å². The van der Waals surface area contributed by atoms with Crippen molar-refractivity contribution >= 4 is 27.5 Å². The average Bonchev–Trinajstić information content (AvgIpc) is 2.98. The third kappa shape index (κ3) is 5.18. The average molecular weight is 484 g/mol. The first-order valence-electron chi connectivity index (χ1n) is 12.1. The molecule has 2 aromatic rings. The number of nitrogens with zero attached hydrogens (tertiary/aromatic N) is 2. The number of sulfonamides is 1. The Hall–Kier alpha value is -2.71. The summed E-state index contributed by atoms with van der Waals surface area (Å²) in [5.74, 6) is -0.179. The normalized spacial score (nSPS) is 18.0. The van der Waals surface area contributed by atoms with Gasteiger partial charge in [0.25, 0.3) is 5.91 Å². The number of nitrogens with one attached hydrogen (secondary N) is 1. The number of anilines is 1. The van der Waals surface area contributed by atoms with Crippen LogP contribution in [0.2, 0.25) is 0 Å². The van der Waals surface area contributed by atoms with Gasteiger partial charge in [-0.05, 0) is 61.1 Å². The highest BCUT2D eigenvalue weighted by atomic mass is 32.2. The predicted octanol–water partition coefficient (Wildman–Crippen LogP) is 4.26. The van der Waals surface area contributed by atoms with Gasteiger partial charge in [-0.15, -0.1) is 0 Å². The van der Waals surface area contributed by atoms with Crippen molar-refractivity contribution in [3.8, 4) is 0 Å². The van der Waals surface area contributed by atoms with Crippen molar-refractivity contribution in [3.63, 3.8) is 0 Å². The van der Waals surface area contributed by atoms with Crippen LogP contribution in [0.5, 0.6) is 0 Å². The molecule has 182 valence electrons. The van der Waals surface area contributed by atoms with E-state index in [4.69, 9.17) is 0 Å². The molecule has 2 aliphatic rings. The van der Waals surface area contributed by atoms with Gasteiger partial charge in [0.2, 0.25) is 15.9 Å². The lowest BCUT2D eigenvalue weighted by Crippen LogP contribution is -2.45. The SMILES string of the molecule is CC(C)C[C@H](C(=O)Nc1ccc(S(=O)(=O)N2CCCCCC2)cc1)N1Cc2ccccc2C1=O. The lowest BCUT2D eigenvalue weighted by atomic mass is 10.0. The van der Waals surface area contributed by atoms with Crippen LogP contribution in [-0.2, 0) is 21.4 Å². The van der Waals surface area contributed by atoms with Crippen molar-refractivity contribution < 1.29 is 18.0 Å². The van der Waals surface area contributed by atoms with Crippen LogP contribution >= 0.6 is 0 Å². The molecular formula is C26H33N3O4S. The van der Waals surface area contributed by atoms with Crippen LogP contribution in [0.25, 0.3) is 0 Å². The number of amides is 2. The Bertz CT molecular complexity index is 1140. The standard InChI is InChI=1S/C26H33N3O4S/c1-19(2)17-24(29-18-20-9-5-6-10-23(20)26(29)31)25(30)27-21-11-13-22(14-12-21)34(32,33)28-15-7-3-4-8-16-28/h5-6,9-14,19,24H,3-4,7-8,15-18H2,1-2H3,(H,27,30)/t24-/m1/s1. The molecular weight excluding hydrogens is 450 g/mol. The van der Waals surface area contributed by atoms with Crippen molar-refractivity contribution in [2.75, 3.05) is 18.4 Å². The summed E-state index contributed by atoms with van der Waals surface area (Å²) in [4.78, 5) is 28.1. The smallest absolute Gasteiger partial charge is 0.255 e. The summed E-state index contributed by atoms with van der Waals surface area (Å²) in [6, 6.07) is 13.2. The van der Waals surface area contributed by atoms with E-state index in [2.05, 4.69) is 5.32 Å². The minimum Gasteiger partial charge on any atom is -0.324 e. The van der Waals surface area contributed by atoms with Crippen molar-refractivity contribution in [2.24, 2.45) is 5.92 Å². The zero-order valence-electron chi connectivity index (χ0n) is 19.9. The molecule has 7 nitrogen and oxygen atoms in total. The summed E-state index contributed by atoms with van der Waals surface area (Å²) in [5, 5.41) is 2.90. The van der Waals surface area contributed by atoms with Crippen LogP contribution in [0.15, 0.2) is 53.4 Å². The fraction of sp³-hybridized carbons (Fsp3) is 0.462. The summed E-state index contributed by atoms with van der Waals surface area (Å²) < 4.78 is 27.6. The van der Waals surface area contributed by atoms with E-state index >= 15 is 0 Å². The minimum absolute atomic E-state index is 0.129. The van der Waals surface area contributed by atoms with Crippen molar-refractivity contribution in [3.05, 3.63) is 59.7 Å². The second-order valence-electron chi connectivity index (χ2n) is 9.57. The minimum atomic E-state index is -3.55. The fourth-order valence-electron chi connectivity index (χ4n) is 4.72. The zero-order chi connectivity index (χ0) is 24.3. The van der Waals surface area contributed by atoms with E-state index in [-0.39, 0.29) is 22.6 Å². The Kier molecular flexibility index (Phi) is 7.38. The van der Waals surface area contributed by atoms with Gasteiger partial charge in [0.1, 0.15) is 6.04 Å². The molecule has 2 amide bonds. The highest BCUT2D eigenvalue weighted by Crippen LogP contribution is 2.28. The summed E-state index contributed by atoms with van der Waals surface area (Å²) in [6.45, 7) is 5.55. The highest BCUT2D eigenvalue weighted by molar-refractivity contribution is 7.89. The van der Waals surface area contributed by atoms with E-state index in [1.807, 2.05) is 32.0 Å². The van der Waals surface area contributed by atoms with Gasteiger partial charge in [0.05, 0.1) is 4.90 Å². The maximum atomic E-state index is 13.3. The van der Waals surface area contributed by atoms with Gasteiger partial charge in [-0.2, -0.15) is 4.31 Å². The first-order valence-corrected chi connectivity index (χ1v) is 13.5. The van der Waals surface area contributed by atoms with Gasteiger partial charge in [0.15, 0.2) is 0 Å². The molecule has 0 bridgehead atoms. The molecule has 4 rings (SSSR count). The van der Waals surface area contributed by atoms with E-state index in [9.17, 15) is 18.0 Å². The van der Waals surface area contributed by atoms with Gasteiger partial charge in [-0.3, -0.25) is 9.59 Å². The van der Waals surface area contributed by atoms with Crippen LogP contribution < -0.4 is 5.32 Å². The number of rotatable bonds is 7. The Labute approximate surface area is 202 Å². The van der Waals surface area contributed by atoms with E-state index in [0.717, 1.165) is 31.2 Å². The second kappa shape index (κ2) is 10.3. The molecule has 34 heavy (non-hydrogen) atoms. The second-order valence-corrected chi connectivity index (χ2v) is 11.5. The summed E-state index contributed by atoms with van der Waals surface area (Å²) >= 11 is 0. The zero-order valence-corrected chi connectivity index (χ0v) is 20.7. The molecule has 0 radical (unpaired) electrons. The molecule has 1 fully saturated rings. The quantitative estimate of drug-likeness (QED) is 0.638. The summed E-state index contributed by atoms with van der Waals surface area (Å²) in [5.41, 5.74) is 2.09. The van der Waals surface area contributed by atoms with Gasteiger partial charge in [0, 0.05) is 30.9 Å². The Morgan fingerprint density at radius 3 is 2.24 bits per heavy atom. The van der Waals surface area contributed by atoms with Gasteiger partial charge in [-0.25, -0.2) is 8.42 Å². The first kappa shape index (κ1) is 24.4. The van der Waals surface area contributed by atoms with E-state index in [1.165, 1.54) is 0 Å². The van der Waals surface area contributed by atoms with Gasteiger partial charge < -0.3 is 10.2 Å². The summed E-state index contributed by atoms with van der Waals surface area (Å²) in [7, 11) is -3.55. The Morgan fingerprint density at radius 2 is 1.62 bits per heavy atom. The van der Waals surface area contributed by atoms with Gasteiger partial charge in [-0.1, -0.05) is 44.9 Å². The van der Waals surface area contributed by atoms with Gasteiger partial charge >= 0.3 is 0 Å². The molecule has 1 atom stereocenters. The number of benzene rings is 2. The highest BCUT2D eigenvalue weighted by Gasteiger charge is 2.36. The van der Waals surface area contributed by atoms with Crippen LogP contribution in [0.1, 0.15) is 61.9 Å². The molecule has 0 unspecified atom stereocenters. The molecule has 1 saturated heterocycles. The summed E-state index contributed by atoms with van der Waals surface area (Å²) in [6.07, 6.45) is 4.40. The molecule has 8 heteroatoms. The van der Waals surface area contributed by atoms with E-state index in [0.29, 0.717) is 37.3 Å². The number of fused-ring (bicyclic) bond motifs is 1. The monoisotopic (exact) mass is 483 g/mol. The molecule has 0 spiro atoms. The van der Waals surface area contributed by atoms with Crippen LogP contribution in [0.4, 0.5) is 5.69 Å². The number of hydrogen-bond donors (Lipinski definition) is 1. The Balaban J connectivity index is 1.48. The third-order valence-electron chi connectivity index (χ3n) is 6.55. The number of carbonyl (C=O) groups excluding carboxylic acids is 2. The van der Waals surface area contributed by atoms with E-state index < -0.39 is 16.1 Å². The molecule has 2 aromatic carbocycles. The predicted molar refractivity (Wildman–Crippen MR) is 132 cm³/mol. The lowest BCUT2D eigenvalue weighted by Gasteiger charge is -2.28. The number of hydrogen-bond acceptors (Lipinski definition) is 4. The first-order chi connectivity index (χ1) is 16.3. The topological polar surface area (TPSA) is 86.8 Å². The Morgan fingerprint density at radius 1 is 0.971 bits per heavy atom. The van der Waals surface area contributed by atoms with Crippen molar-refractivity contribution in [1.29, 1.82) is 0 Å². The number of carbonyl (C=O) groups is 2. The lowest BCUT2D eigenvalue weighted by molar-refractivity contribution is -0.121.